The number of fused-ring (bicyclic) bond motifs is 1. The third-order valence-corrected chi connectivity index (χ3v) is 4.58. The Bertz CT molecular complexity index is 505. The zero-order valence-corrected chi connectivity index (χ0v) is 10.2. The monoisotopic (exact) mass is 246 g/mol. The maximum absolute atomic E-state index is 11.5. The third kappa shape index (κ3) is 1.32. The van der Waals surface area contributed by atoms with E-state index < -0.39 is 0 Å². The minimum absolute atomic E-state index is 0. The van der Waals surface area contributed by atoms with Crippen LogP contribution in [0.4, 0.5) is 10.5 Å². The molecule has 0 aromatic heterocycles. The number of carbonyl (C=O) groups is 1. The first-order valence-corrected chi connectivity index (χ1v) is 6.55. The molecule has 1 saturated carbocycles. The van der Waals surface area contributed by atoms with Gasteiger partial charge in [-0.3, -0.25) is 4.90 Å². The predicted molar refractivity (Wildman–Crippen MR) is 69.9 cm³/mol. The summed E-state index contributed by atoms with van der Waals surface area (Å²) in [4.78, 5) is 13.2. The summed E-state index contributed by atoms with van der Waals surface area (Å²) in [5.74, 6) is 0.820. The van der Waals surface area contributed by atoms with Gasteiger partial charge in [0, 0.05) is 19.1 Å². The molecule has 1 aliphatic carbocycles. The Labute approximate surface area is 107 Å². The largest absolute Gasteiger partial charge is 0.447 e. The molecule has 4 nitrogen and oxygen atoms in total. The Kier molecular flexibility index (Phi) is 2.01. The van der Waals surface area contributed by atoms with Gasteiger partial charge >= 0.3 is 6.09 Å². The van der Waals surface area contributed by atoms with Gasteiger partial charge in [0.2, 0.25) is 0 Å². The molecular formula is C14H18N2O2. The summed E-state index contributed by atoms with van der Waals surface area (Å²) in [5, 5.41) is 3.45. The zero-order valence-electron chi connectivity index (χ0n) is 10.2. The van der Waals surface area contributed by atoms with E-state index in [-0.39, 0.29) is 7.52 Å². The average Bonchev–Trinajstić information content (AvgIpc) is 2.74. The first kappa shape index (κ1) is 10.4. The Balaban J connectivity index is 0.00000110. The molecule has 96 valence electrons. The highest BCUT2D eigenvalue weighted by Gasteiger charge is 2.57. The maximum atomic E-state index is 11.5. The van der Waals surface area contributed by atoms with Crippen LogP contribution in [0.1, 0.15) is 13.4 Å². The molecule has 1 aromatic carbocycles. The van der Waals surface area contributed by atoms with Crippen LogP contribution in [0.15, 0.2) is 24.3 Å². The van der Waals surface area contributed by atoms with Crippen molar-refractivity contribution in [2.45, 2.75) is 11.8 Å². The van der Waals surface area contributed by atoms with Crippen LogP contribution < -0.4 is 10.2 Å². The molecule has 0 bridgehead atoms. The lowest BCUT2D eigenvalue weighted by Crippen LogP contribution is -2.23. The normalized spacial score (nSPS) is 33.4. The zero-order chi connectivity index (χ0) is 12.2. The second kappa shape index (κ2) is 3.48. The lowest BCUT2D eigenvalue weighted by Gasteiger charge is -2.16. The predicted octanol–water partition coefficient (Wildman–Crippen LogP) is 1.75. The molecule has 2 atom stereocenters. The van der Waals surface area contributed by atoms with E-state index in [1.165, 1.54) is 12.0 Å². The molecular weight excluding hydrogens is 228 g/mol. The van der Waals surface area contributed by atoms with E-state index in [2.05, 4.69) is 17.4 Å². The fourth-order valence-corrected chi connectivity index (χ4v) is 3.39. The van der Waals surface area contributed by atoms with Crippen LogP contribution in [0.2, 0.25) is 0 Å². The summed E-state index contributed by atoms with van der Waals surface area (Å²) in [7, 11) is 0. The number of nitrogens with zero attached hydrogens (tertiary/aromatic N) is 1. The van der Waals surface area contributed by atoms with Crippen molar-refractivity contribution < 1.29 is 11.0 Å². The van der Waals surface area contributed by atoms with Crippen molar-refractivity contribution in [2.75, 3.05) is 31.1 Å². The Morgan fingerprint density at radius 2 is 2.22 bits per heavy atom. The number of rotatable bonds is 2. The SMILES string of the molecule is O=C1OCCN1c1ccc([C@]23CNCC2C3)cc1.[HH]. The second-order valence-electron chi connectivity index (χ2n) is 5.50. The number of amides is 1. The molecule has 3 aliphatic rings. The molecule has 2 aliphatic heterocycles. The van der Waals surface area contributed by atoms with E-state index in [1.54, 1.807) is 4.90 Å². The number of carbonyl (C=O) groups excluding carboxylic acids is 1. The molecule has 0 radical (unpaired) electrons. The van der Waals surface area contributed by atoms with E-state index in [9.17, 15) is 4.79 Å². The molecule has 1 N–H and O–H groups in total. The van der Waals surface area contributed by atoms with E-state index in [0.29, 0.717) is 18.6 Å². The van der Waals surface area contributed by atoms with Crippen molar-refractivity contribution in [1.82, 2.24) is 5.32 Å². The van der Waals surface area contributed by atoms with E-state index >= 15 is 0 Å². The standard InChI is InChI=1S/C14H16N2O2.H2/c17-13-16(5-6-18-13)12-3-1-10(2-4-12)14-7-11(14)8-15-9-14;/h1-4,11,15H,5-9H2;1H/t11?,14-;/m0./s1. The minimum atomic E-state index is -0.229. The van der Waals surface area contributed by atoms with Crippen LogP contribution in [-0.4, -0.2) is 32.3 Å². The van der Waals surface area contributed by atoms with Gasteiger partial charge in [-0.05, 0) is 36.6 Å². The number of anilines is 1. The summed E-state index contributed by atoms with van der Waals surface area (Å²) in [6.07, 6.45) is 1.08. The molecule has 2 saturated heterocycles. The Morgan fingerprint density at radius 3 is 2.78 bits per heavy atom. The molecule has 1 aromatic rings. The number of ether oxygens (including phenoxy) is 1. The fraction of sp³-hybridized carbons (Fsp3) is 0.500. The Morgan fingerprint density at radius 1 is 1.39 bits per heavy atom. The van der Waals surface area contributed by atoms with Gasteiger partial charge in [0.25, 0.3) is 0 Å². The fourth-order valence-electron chi connectivity index (χ4n) is 3.39. The highest BCUT2D eigenvalue weighted by molar-refractivity contribution is 5.89. The topological polar surface area (TPSA) is 41.6 Å². The number of piperidine rings is 1. The number of hydrogen-bond acceptors (Lipinski definition) is 3. The van der Waals surface area contributed by atoms with Gasteiger partial charge < -0.3 is 10.1 Å². The van der Waals surface area contributed by atoms with E-state index in [1.807, 2.05) is 12.1 Å². The molecule has 4 heteroatoms. The lowest BCUT2D eigenvalue weighted by atomic mass is 9.95. The molecule has 2 heterocycles. The third-order valence-electron chi connectivity index (χ3n) is 4.58. The lowest BCUT2D eigenvalue weighted by molar-refractivity contribution is 0.181. The van der Waals surface area contributed by atoms with Gasteiger partial charge in [-0.1, -0.05) is 12.1 Å². The average molecular weight is 246 g/mol. The molecule has 4 rings (SSSR count). The molecule has 1 unspecified atom stereocenters. The van der Waals surface area contributed by atoms with Crippen molar-refractivity contribution in [2.24, 2.45) is 5.92 Å². The number of hydrogen-bond donors (Lipinski definition) is 1. The van der Waals surface area contributed by atoms with Crippen LogP contribution in [0.5, 0.6) is 0 Å². The van der Waals surface area contributed by atoms with Crippen molar-refractivity contribution in [3.63, 3.8) is 0 Å². The Hall–Kier alpha value is -1.55. The van der Waals surface area contributed by atoms with Gasteiger partial charge in [-0.25, -0.2) is 4.79 Å². The smallest absolute Gasteiger partial charge is 0.414 e. The van der Waals surface area contributed by atoms with Crippen molar-refractivity contribution in [3.05, 3.63) is 29.8 Å². The van der Waals surface area contributed by atoms with Gasteiger partial charge in [0.1, 0.15) is 6.61 Å². The molecule has 1 amide bonds. The van der Waals surface area contributed by atoms with Crippen LogP contribution in [0, 0.1) is 5.92 Å². The van der Waals surface area contributed by atoms with Gasteiger partial charge in [0.15, 0.2) is 0 Å². The van der Waals surface area contributed by atoms with Crippen molar-refractivity contribution >= 4 is 11.8 Å². The first-order valence-electron chi connectivity index (χ1n) is 6.55. The van der Waals surface area contributed by atoms with Crippen LogP contribution in [0.25, 0.3) is 0 Å². The van der Waals surface area contributed by atoms with E-state index in [0.717, 1.165) is 24.7 Å². The first-order chi connectivity index (χ1) is 8.79. The summed E-state index contributed by atoms with van der Waals surface area (Å²) in [5.41, 5.74) is 2.75. The molecule has 0 spiro atoms. The highest BCUT2D eigenvalue weighted by atomic mass is 16.6. The van der Waals surface area contributed by atoms with Crippen molar-refractivity contribution in [1.29, 1.82) is 0 Å². The van der Waals surface area contributed by atoms with Crippen LogP contribution in [-0.2, 0) is 10.2 Å². The van der Waals surface area contributed by atoms with E-state index in [4.69, 9.17) is 4.74 Å². The molecule has 18 heavy (non-hydrogen) atoms. The summed E-state index contributed by atoms with van der Waals surface area (Å²) in [6, 6.07) is 8.44. The number of benzene rings is 1. The van der Waals surface area contributed by atoms with Crippen LogP contribution >= 0.6 is 0 Å². The van der Waals surface area contributed by atoms with Gasteiger partial charge in [-0.15, -0.1) is 0 Å². The summed E-state index contributed by atoms with van der Waals surface area (Å²) in [6.45, 7) is 3.41. The minimum Gasteiger partial charge on any atom is -0.447 e. The second-order valence-corrected chi connectivity index (χ2v) is 5.50. The summed E-state index contributed by atoms with van der Waals surface area (Å²) < 4.78 is 4.95. The van der Waals surface area contributed by atoms with Crippen molar-refractivity contribution in [3.8, 4) is 0 Å². The molecule has 3 fully saturated rings. The van der Waals surface area contributed by atoms with Gasteiger partial charge in [-0.2, -0.15) is 0 Å². The number of cyclic esters (lactones) is 1. The summed E-state index contributed by atoms with van der Waals surface area (Å²) >= 11 is 0. The quantitative estimate of drug-likeness (QED) is 0.864. The van der Waals surface area contributed by atoms with Crippen LogP contribution in [0.3, 0.4) is 0 Å². The number of nitrogens with one attached hydrogen (secondary N) is 1. The maximum Gasteiger partial charge on any atom is 0.414 e. The van der Waals surface area contributed by atoms with Gasteiger partial charge in [0.05, 0.1) is 6.54 Å². The highest BCUT2D eigenvalue weighted by Crippen LogP contribution is 2.56.